The minimum atomic E-state index is 0.277. The van der Waals surface area contributed by atoms with Crippen molar-refractivity contribution in [2.24, 2.45) is 0 Å². The van der Waals surface area contributed by atoms with Crippen LogP contribution in [-0.2, 0) is 12.5 Å². The van der Waals surface area contributed by atoms with Crippen molar-refractivity contribution in [3.05, 3.63) is 58.1 Å². The van der Waals surface area contributed by atoms with Crippen LogP contribution in [0.5, 0.6) is 11.5 Å². The summed E-state index contributed by atoms with van der Waals surface area (Å²) in [7, 11) is 1.55. The van der Waals surface area contributed by atoms with E-state index in [1.165, 1.54) is 0 Å². The molecule has 2 rings (SSSR count). The maximum Gasteiger partial charge on any atom is 0.166 e. The van der Waals surface area contributed by atoms with Crippen molar-refractivity contribution in [2.45, 2.75) is 12.5 Å². The van der Waals surface area contributed by atoms with Crippen LogP contribution in [0, 0.1) is 11.3 Å². The molecule has 0 saturated carbocycles. The molecule has 0 heterocycles. The molecule has 0 unspecified atom stereocenters. The second-order valence-electron chi connectivity index (χ2n) is 4.33. The summed E-state index contributed by atoms with van der Waals surface area (Å²) in [5.74, 6) is 1.41. The zero-order valence-corrected chi connectivity index (χ0v) is 12.9. The highest BCUT2D eigenvalue weighted by Gasteiger charge is 2.12. The van der Waals surface area contributed by atoms with Gasteiger partial charge in [-0.15, -0.1) is 11.6 Å². The van der Waals surface area contributed by atoms with Crippen LogP contribution >= 0.6 is 23.2 Å². The minimum Gasteiger partial charge on any atom is -0.493 e. The van der Waals surface area contributed by atoms with E-state index >= 15 is 0 Å². The van der Waals surface area contributed by atoms with Crippen LogP contribution in [-0.4, -0.2) is 7.11 Å². The standard InChI is InChI=1S/C16H13Cl2NO2/c1-20-15-7-14(18)6-13(8-17)16(15)21-10-12-4-2-11(9-19)3-5-12/h2-7H,8,10H2,1H3. The van der Waals surface area contributed by atoms with Gasteiger partial charge in [0.2, 0.25) is 0 Å². The molecular weight excluding hydrogens is 309 g/mol. The van der Waals surface area contributed by atoms with E-state index in [2.05, 4.69) is 6.07 Å². The average Bonchev–Trinajstić information content (AvgIpc) is 2.53. The Balaban J connectivity index is 2.20. The fraction of sp³-hybridized carbons (Fsp3) is 0.188. The Morgan fingerprint density at radius 1 is 1.19 bits per heavy atom. The highest BCUT2D eigenvalue weighted by molar-refractivity contribution is 6.31. The highest BCUT2D eigenvalue weighted by Crippen LogP contribution is 2.36. The van der Waals surface area contributed by atoms with Gasteiger partial charge >= 0.3 is 0 Å². The van der Waals surface area contributed by atoms with Crippen molar-refractivity contribution in [1.29, 1.82) is 5.26 Å². The average molecular weight is 322 g/mol. The van der Waals surface area contributed by atoms with Gasteiger partial charge in [0, 0.05) is 16.7 Å². The normalized spacial score (nSPS) is 10.0. The number of ether oxygens (including phenoxy) is 2. The lowest BCUT2D eigenvalue weighted by Gasteiger charge is -2.14. The molecule has 0 aliphatic rings. The van der Waals surface area contributed by atoms with E-state index in [0.717, 1.165) is 11.1 Å². The van der Waals surface area contributed by atoms with E-state index in [9.17, 15) is 0 Å². The van der Waals surface area contributed by atoms with Crippen LogP contribution in [0.3, 0.4) is 0 Å². The Hall–Kier alpha value is -1.89. The molecule has 0 aromatic heterocycles. The third kappa shape index (κ3) is 3.81. The van der Waals surface area contributed by atoms with Gasteiger partial charge < -0.3 is 9.47 Å². The first kappa shape index (κ1) is 15.5. The smallest absolute Gasteiger partial charge is 0.166 e. The molecule has 108 valence electrons. The first-order valence-electron chi connectivity index (χ1n) is 6.22. The van der Waals surface area contributed by atoms with E-state index in [1.807, 2.05) is 12.1 Å². The van der Waals surface area contributed by atoms with Crippen LogP contribution in [0.1, 0.15) is 16.7 Å². The zero-order chi connectivity index (χ0) is 15.2. The van der Waals surface area contributed by atoms with E-state index < -0.39 is 0 Å². The fourth-order valence-electron chi connectivity index (χ4n) is 1.87. The molecule has 0 aliphatic heterocycles. The van der Waals surface area contributed by atoms with E-state index in [1.54, 1.807) is 31.4 Å². The lowest BCUT2D eigenvalue weighted by molar-refractivity contribution is 0.282. The number of benzene rings is 2. The zero-order valence-electron chi connectivity index (χ0n) is 11.4. The summed E-state index contributed by atoms with van der Waals surface area (Å²) < 4.78 is 11.1. The molecule has 0 N–H and O–H groups in total. The van der Waals surface area contributed by atoms with Gasteiger partial charge in [-0.2, -0.15) is 5.26 Å². The molecule has 0 bridgehead atoms. The van der Waals surface area contributed by atoms with Gasteiger partial charge in [-0.1, -0.05) is 23.7 Å². The van der Waals surface area contributed by atoms with Crippen molar-refractivity contribution < 1.29 is 9.47 Å². The first-order valence-corrected chi connectivity index (χ1v) is 7.13. The lowest BCUT2D eigenvalue weighted by atomic mass is 10.1. The van der Waals surface area contributed by atoms with Gasteiger partial charge in [-0.05, 0) is 23.8 Å². The monoisotopic (exact) mass is 321 g/mol. The fourth-order valence-corrected chi connectivity index (χ4v) is 2.30. The highest BCUT2D eigenvalue weighted by atomic mass is 35.5. The number of alkyl halides is 1. The van der Waals surface area contributed by atoms with E-state index in [4.69, 9.17) is 37.9 Å². The second kappa shape index (κ2) is 7.21. The van der Waals surface area contributed by atoms with Crippen LogP contribution < -0.4 is 9.47 Å². The molecular formula is C16H13Cl2NO2. The Morgan fingerprint density at radius 3 is 2.48 bits per heavy atom. The molecule has 2 aromatic carbocycles. The maximum atomic E-state index is 8.77. The van der Waals surface area contributed by atoms with Gasteiger partial charge in [-0.3, -0.25) is 0 Å². The summed E-state index contributed by atoms with van der Waals surface area (Å²) in [5, 5.41) is 9.32. The van der Waals surface area contributed by atoms with E-state index in [-0.39, 0.29) is 5.88 Å². The third-order valence-electron chi connectivity index (χ3n) is 2.93. The topological polar surface area (TPSA) is 42.2 Å². The van der Waals surface area contributed by atoms with Crippen molar-refractivity contribution in [1.82, 2.24) is 0 Å². The van der Waals surface area contributed by atoms with Crippen molar-refractivity contribution in [3.63, 3.8) is 0 Å². The summed E-state index contributed by atoms with van der Waals surface area (Å²) in [6, 6.07) is 12.7. The molecule has 0 radical (unpaired) electrons. The summed E-state index contributed by atoms with van der Waals surface area (Å²) in [4.78, 5) is 0. The second-order valence-corrected chi connectivity index (χ2v) is 5.03. The van der Waals surface area contributed by atoms with Crippen molar-refractivity contribution in [3.8, 4) is 17.6 Å². The third-order valence-corrected chi connectivity index (χ3v) is 3.43. The van der Waals surface area contributed by atoms with Gasteiger partial charge in [0.15, 0.2) is 11.5 Å². The number of rotatable bonds is 5. The molecule has 0 amide bonds. The van der Waals surface area contributed by atoms with Crippen LogP contribution in [0.2, 0.25) is 5.02 Å². The Labute approximate surface area is 133 Å². The van der Waals surface area contributed by atoms with Crippen LogP contribution in [0.25, 0.3) is 0 Å². The lowest BCUT2D eigenvalue weighted by Crippen LogP contribution is -2.00. The SMILES string of the molecule is COc1cc(Cl)cc(CCl)c1OCc1ccc(C#N)cc1. The number of methoxy groups -OCH3 is 1. The molecule has 0 fully saturated rings. The van der Waals surface area contributed by atoms with Crippen molar-refractivity contribution in [2.75, 3.05) is 7.11 Å². The van der Waals surface area contributed by atoms with Crippen LogP contribution in [0.15, 0.2) is 36.4 Å². The number of hydrogen-bond donors (Lipinski definition) is 0. The number of nitriles is 1. The van der Waals surface area contributed by atoms with Gasteiger partial charge in [0.25, 0.3) is 0 Å². The predicted molar refractivity (Wildman–Crippen MR) is 83.1 cm³/mol. The number of nitrogens with zero attached hydrogens (tertiary/aromatic N) is 1. The quantitative estimate of drug-likeness (QED) is 0.759. The molecule has 0 saturated heterocycles. The van der Waals surface area contributed by atoms with Gasteiger partial charge in [0.05, 0.1) is 24.6 Å². The van der Waals surface area contributed by atoms with Gasteiger partial charge in [0.1, 0.15) is 6.61 Å². The summed E-state index contributed by atoms with van der Waals surface area (Å²) in [5.41, 5.74) is 2.34. The summed E-state index contributed by atoms with van der Waals surface area (Å²) in [6.07, 6.45) is 0. The van der Waals surface area contributed by atoms with Crippen molar-refractivity contribution >= 4 is 23.2 Å². The number of halogens is 2. The molecule has 0 atom stereocenters. The molecule has 21 heavy (non-hydrogen) atoms. The molecule has 0 aliphatic carbocycles. The summed E-state index contributed by atoms with van der Waals surface area (Å²) in [6.45, 7) is 0.355. The molecule has 2 aromatic rings. The van der Waals surface area contributed by atoms with E-state index in [0.29, 0.717) is 28.7 Å². The molecule has 5 heteroatoms. The predicted octanol–water partition coefficient (Wildman–Crippen LogP) is 4.54. The maximum absolute atomic E-state index is 8.77. The molecule has 0 spiro atoms. The number of hydrogen-bond acceptors (Lipinski definition) is 3. The van der Waals surface area contributed by atoms with Gasteiger partial charge in [-0.25, -0.2) is 0 Å². The summed E-state index contributed by atoms with van der Waals surface area (Å²) >= 11 is 11.9. The Kier molecular flexibility index (Phi) is 5.32. The molecule has 3 nitrogen and oxygen atoms in total. The first-order chi connectivity index (χ1) is 10.2. The minimum absolute atomic E-state index is 0.277. The Morgan fingerprint density at radius 2 is 1.90 bits per heavy atom. The van der Waals surface area contributed by atoms with Crippen LogP contribution in [0.4, 0.5) is 0 Å². The largest absolute Gasteiger partial charge is 0.493 e. The Bertz CT molecular complexity index is 638.